The summed E-state index contributed by atoms with van der Waals surface area (Å²) >= 11 is 0. The quantitative estimate of drug-likeness (QED) is 0.0916. The number of nitrogens with one attached hydrogen (secondary N) is 3. The van der Waals surface area contributed by atoms with Crippen molar-refractivity contribution in [3.63, 3.8) is 0 Å². The van der Waals surface area contributed by atoms with Gasteiger partial charge in [-0.1, -0.05) is 84.0 Å². The molecule has 0 saturated carbocycles. The predicted molar refractivity (Wildman–Crippen MR) is 216 cm³/mol. The van der Waals surface area contributed by atoms with Gasteiger partial charge in [-0.2, -0.15) is 0 Å². The van der Waals surface area contributed by atoms with E-state index >= 15 is 0 Å². The van der Waals surface area contributed by atoms with E-state index in [-0.39, 0.29) is 18.1 Å². The van der Waals surface area contributed by atoms with Crippen molar-refractivity contribution in [2.24, 2.45) is 5.73 Å². The number of esters is 1. The fourth-order valence-electron chi connectivity index (χ4n) is 8.18. The minimum atomic E-state index is -1.70. The molecule has 3 fully saturated rings. The van der Waals surface area contributed by atoms with Crippen LogP contribution in [-0.4, -0.2) is 102 Å². The molecular formula is C42H65N5O13. The van der Waals surface area contributed by atoms with Gasteiger partial charge in [0, 0.05) is 32.3 Å². The van der Waals surface area contributed by atoms with Gasteiger partial charge in [-0.15, -0.1) is 0 Å². The number of amides is 3. The van der Waals surface area contributed by atoms with Crippen LogP contribution in [0.2, 0.25) is 0 Å². The van der Waals surface area contributed by atoms with Crippen molar-refractivity contribution in [3.05, 3.63) is 44.9 Å². The molecule has 3 amide bonds. The number of carbonyl (C=O) groups is 4. The molecule has 5 heterocycles. The van der Waals surface area contributed by atoms with Crippen LogP contribution in [0.1, 0.15) is 136 Å². The Morgan fingerprint density at radius 1 is 0.950 bits per heavy atom. The van der Waals surface area contributed by atoms with E-state index in [1.165, 1.54) is 70.7 Å². The maximum atomic E-state index is 13.5. The number of primary amides is 1. The monoisotopic (exact) mass is 847 g/mol. The molecule has 5 N–H and O–H groups in total. The molecule has 1 aromatic heterocycles. The molecule has 18 heteroatoms. The van der Waals surface area contributed by atoms with Crippen molar-refractivity contribution < 1.29 is 52.3 Å². The first-order valence-electron chi connectivity index (χ1n) is 21.8. The fourth-order valence-corrected chi connectivity index (χ4v) is 8.18. The van der Waals surface area contributed by atoms with Crippen molar-refractivity contribution in [3.8, 4) is 0 Å². The first-order chi connectivity index (χ1) is 28.8. The highest BCUT2D eigenvalue weighted by atomic mass is 16.8. The van der Waals surface area contributed by atoms with E-state index in [0.29, 0.717) is 19.4 Å². The zero-order valence-electron chi connectivity index (χ0n) is 35.5. The zero-order valence-corrected chi connectivity index (χ0v) is 35.5. The summed E-state index contributed by atoms with van der Waals surface area (Å²) in [6.45, 7) is 6.04. The number of unbranched alkanes of at least 4 members (excludes halogenated alkanes) is 12. The second-order valence-electron chi connectivity index (χ2n) is 16.5. The SMILES string of the molecule is CCCCCCCCCCCCCCCC(=O)OC1C(OC)C(C(OC2OC(C(=O)NC3CCCCNC3=O)=CC3OC(C)(C)OC32)C(N)=O)OC1n1ccc(=O)[nH]c1=O. The number of hydrogen-bond acceptors (Lipinski definition) is 13. The third kappa shape index (κ3) is 13.0. The van der Waals surface area contributed by atoms with Crippen molar-refractivity contribution >= 4 is 23.7 Å². The number of aromatic amines is 1. The molecule has 9 atom stereocenters. The van der Waals surface area contributed by atoms with Crippen molar-refractivity contribution in [2.45, 2.75) is 191 Å². The van der Waals surface area contributed by atoms with Gasteiger partial charge in [0.25, 0.3) is 11.5 Å². The largest absolute Gasteiger partial charge is 0.456 e. The van der Waals surface area contributed by atoms with Crippen LogP contribution < -0.4 is 27.6 Å². The number of H-pyrrole nitrogens is 1. The van der Waals surface area contributed by atoms with Gasteiger partial charge in [0.1, 0.15) is 24.4 Å². The summed E-state index contributed by atoms with van der Waals surface area (Å²) in [6, 6.07) is 0.297. The summed E-state index contributed by atoms with van der Waals surface area (Å²) in [5.74, 6) is -4.05. The molecule has 4 aliphatic heterocycles. The van der Waals surface area contributed by atoms with E-state index in [4.69, 9.17) is 38.9 Å². The van der Waals surface area contributed by atoms with E-state index < -0.39 is 90.0 Å². The highest BCUT2D eigenvalue weighted by molar-refractivity contribution is 5.95. The smallest absolute Gasteiger partial charge is 0.330 e. The summed E-state index contributed by atoms with van der Waals surface area (Å²) < 4.78 is 43.4. The molecule has 0 aromatic carbocycles. The van der Waals surface area contributed by atoms with E-state index in [1.54, 1.807) is 13.8 Å². The van der Waals surface area contributed by atoms with Crippen molar-refractivity contribution in [1.29, 1.82) is 0 Å². The maximum absolute atomic E-state index is 13.5. The van der Waals surface area contributed by atoms with Gasteiger partial charge in [0.2, 0.25) is 18.1 Å². The molecule has 9 unspecified atom stereocenters. The van der Waals surface area contributed by atoms with E-state index in [0.717, 1.165) is 49.2 Å². The molecule has 60 heavy (non-hydrogen) atoms. The van der Waals surface area contributed by atoms with Crippen LogP contribution in [0.25, 0.3) is 0 Å². The maximum Gasteiger partial charge on any atom is 0.330 e. The molecule has 18 nitrogen and oxygen atoms in total. The zero-order chi connectivity index (χ0) is 43.2. The van der Waals surface area contributed by atoms with E-state index in [9.17, 15) is 28.8 Å². The van der Waals surface area contributed by atoms with Crippen LogP contribution in [0.4, 0.5) is 0 Å². The van der Waals surface area contributed by atoms with Gasteiger partial charge < -0.3 is 49.5 Å². The standard InChI is InChI=1S/C42H65N5O13/c1-5-6-7-8-9-10-11-12-13-14-15-16-17-21-30(49)56-35-32(54-4)33(57-39(35)47-24-22-29(48)46-41(47)53)34(36(43)50)58-40-31-27(59-42(2,3)60-31)25-28(55-40)38(52)45-26-20-18-19-23-44-37(26)51/h22,24-27,31-35,39-40H,5-21,23H2,1-4H3,(H2,43,50)(H,44,51)(H,45,52)(H,46,48,53). The third-order valence-electron chi connectivity index (χ3n) is 11.3. The Balaban J connectivity index is 1.26. The number of hydrogen-bond donors (Lipinski definition) is 4. The van der Waals surface area contributed by atoms with Crippen molar-refractivity contribution in [1.82, 2.24) is 20.2 Å². The molecule has 336 valence electrons. The lowest BCUT2D eigenvalue weighted by Crippen LogP contribution is -2.54. The lowest BCUT2D eigenvalue weighted by atomic mass is 10.0. The van der Waals surface area contributed by atoms with Gasteiger partial charge >= 0.3 is 11.7 Å². The van der Waals surface area contributed by atoms with Crippen LogP contribution in [0.15, 0.2) is 33.7 Å². The normalized spacial score (nSPS) is 27.8. The van der Waals surface area contributed by atoms with Gasteiger partial charge in [-0.25, -0.2) is 4.79 Å². The second-order valence-corrected chi connectivity index (χ2v) is 16.5. The molecule has 0 spiro atoms. The fraction of sp³-hybridized carbons (Fsp3) is 0.762. The number of aromatic nitrogens is 2. The van der Waals surface area contributed by atoms with Crippen LogP contribution in [0, 0.1) is 0 Å². The van der Waals surface area contributed by atoms with Crippen LogP contribution in [0.3, 0.4) is 0 Å². The predicted octanol–water partition coefficient (Wildman–Crippen LogP) is 3.26. The first kappa shape index (κ1) is 47.0. The highest BCUT2D eigenvalue weighted by Gasteiger charge is 2.56. The first-order valence-corrected chi connectivity index (χ1v) is 21.8. The second kappa shape index (κ2) is 22.7. The van der Waals surface area contributed by atoms with Crippen molar-refractivity contribution in [2.75, 3.05) is 13.7 Å². The van der Waals surface area contributed by atoms with E-state index in [2.05, 4.69) is 22.5 Å². The van der Waals surface area contributed by atoms with Crippen LogP contribution >= 0.6 is 0 Å². The van der Waals surface area contributed by atoms with E-state index in [1.807, 2.05) is 0 Å². The molecule has 5 rings (SSSR count). The minimum absolute atomic E-state index is 0.0875. The number of methoxy groups -OCH3 is 1. The summed E-state index contributed by atoms with van der Waals surface area (Å²) in [5, 5.41) is 5.48. The number of nitrogens with zero attached hydrogens (tertiary/aromatic N) is 1. The molecule has 0 bridgehead atoms. The summed E-state index contributed by atoms with van der Waals surface area (Å²) in [4.78, 5) is 80.0. The number of nitrogens with two attached hydrogens (primary N) is 1. The summed E-state index contributed by atoms with van der Waals surface area (Å²) in [5.41, 5.74) is 4.41. The Hall–Kier alpha value is -4.10. The number of rotatable bonds is 23. The minimum Gasteiger partial charge on any atom is -0.456 e. The number of fused-ring (bicyclic) bond motifs is 1. The summed E-state index contributed by atoms with van der Waals surface area (Å²) in [7, 11) is 1.31. The molecule has 0 radical (unpaired) electrons. The Kier molecular flexibility index (Phi) is 17.7. The van der Waals surface area contributed by atoms with Gasteiger partial charge in [-0.3, -0.25) is 33.5 Å². The highest BCUT2D eigenvalue weighted by Crippen LogP contribution is 2.40. The molecule has 1 aromatic rings. The van der Waals surface area contributed by atoms with Gasteiger partial charge in [0.05, 0.1) is 0 Å². The Morgan fingerprint density at radius 3 is 2.25 bits per heavy atom. The Labute approximate surface area is 350 Å². The number of carbonyl (C=O) groups excluding carboxylic acids is 4. The molecular weight excluding hydrogens is 782 g/mol. The lowest BCUT2D eigenvalue weighted by Gasteiger charge is -2.35. The molecule has 3 saturated heterocycles. The average molecular weight is 848 g/mol. The molecule has 4 aliphatic rings. The molecule has 0 aliphatic carbocycles. The van der Waals surface area contributed by atoms with Crippen LogP contribution in [0.5, 0.6) is 0 Å². The summed E-state index contributed by atoms with van der Waals surface area (Å²) in [6.07, 6.45) is 9.04. The third-order valence-corrected chi connectivity index (χ3v) is 11.3. The van der Waals surface area contributed by atoms with Gasteiger partial charge in [-0.05, 0) is 45.6 Å². The Morgan fingerprint density at radius 2 is 1.62 bits per heavy atom. The number of ether oxygens (including phenoxy) is 7. The average Bonchev–Trinajstić information content (AvgIpc) is 3.63. The van der Waals surface area contributed by atoms with Gasteiger partial charge in [0.15, 0.2) is 36.1 Å². The van der Waals surface area contributed by atoms with Crippen LogP contribution in [-0.2, 0) is 52.3 Å². The topological polar surface area (TPSA) is 238 Å². The Bertz CT molecular complexity index is 1750. The lowest BCUT2D eigenvalue weighted by molar-refractivity contribution is -0.241.